The molecule has 2 heterocycles. The molecule has 0 saturated carbocycles. The SMILES string of the molecule is CCn1cc([C@@H]2C[C@@H](C(=O)Nc3ccccc3C(F)(F)F)N(C)S(=O)(=O)N2)c(C)n1. The Labute approximate surface area is 172 Å². The molecule has 1 aliphatic heterocycles. The van der Waals surface area contributed by atoms with E-state index < -0.39 is 45.6 Å². The number of benzene rings is 1. The van der Waals surface area contributed by atoms with E-state index >= 15 is 0 Å². The number of aromatic nitrogens is 2. The monoisotopic (exact) mass is 445 g/mol. The van der Waals surface area contributed by atoms with Crippen LogP contribution in [0.5, 0.6) is 0 Å². The second-order valence-electron chi connectivity index (χ2n) is 7.00. The number of aryl methyl sites for hydroxylation is 2. The Hall–Kier alpha value is -2.44. The number of rotatable bonds is 4. The average Bonchev–Trinajstić information content (AvgIpc) is 3.04. The van der Waals surface area contributed by atoms with Gasteiger partial charge in [-0.1, -0.05) is 12.1 Å². The minimum absolute atomic E-state index is 0.0337. The summed E-state index contributed by atoms with van der Waals surface area (Å²) in [6, 6.07) is 2.61. The molecule has 1 aliphatic rings. The van der Waals surface area contributed by atoms with Gasteiger partial charge in [-0.25, -0.2) is 0 Å². The summed E-state index contributed by atoms with van der Waals surface area (Å²) in [4.78, 5) is 12.8. The molecule has 164 valence electrons. The average molecular weight is 445 g/mol. The molecule has 0 unspecified atom stereocenters. The summed E-state index contributed by atoms with van der Waals surface area (Å²) in [6.07, 6.45) is -2.93. The molecule has 1 aromatic carbocycles. The first-order valence-corrected chi connectivity index (χ1v) is 10.6. The Balaban J connectivity index is 1.90. The first kappa shape index (κ1) is 22.2. The van der Waals surface area contributed by atoms with Gasteiger partial charge in [-0.15, -0.1) is 0 Å². The number of hydrogen-bond donors (Lipinski definition) is 2. The predicted molar refractivity (Wildman–Crippen MR) is 104 cm³/mol. The molecule has 0 bridgehead atoms. The maximum absolute atomic E-state index is 13.2. The van der Waals surface area contributed by atoms with Gasteiger partial charge in [0.2, 0.25) is 5.91 Å². The molecule has 3 rings (SSSR count). The predicted octanol–water partition coefficient (Wildman–Crippen LogP) is 2.45. The molecule has 8 nitrogen and oxygen atoms in total. The summed E-state index contributed by atoms with van der Waals surface area (Å²) in [7, 11) is -2.83. The molecule has 2 atom stereocenters. The van der Waals surface area contributed by atoms with Crippen molar-refractivity contribution in [3.63, 3.8) is 0 Å². The largest absolute Gasteiger partial charge is 0.418 e. The van der Waals surface area contributed by atoms with Crippen molar-refractivity contribution in [1.82, 2.24) is 18.8 Å². The van der Waals surface area contributed by atoms with E-state index in [0.29, 0.717) is 17.8 Å². The fourth-order valence-electron chi connectivity index (χ4n) is 3.41. The van der Waals surface area contributed by atoms with Gasteiger partial charge in [0, 0.05) is 25.4 Å². The number of nitrogens with one attached hydrogen (secondary N) is 2. The van der Waals surface area contributed by atoms with Crippen molar-refractivity contribution in [1.29, 1.82) is 0 Å². The number of nitrogens with zero attached hydrogens (tertiary/aromatic N) is 3. The standard InChI is InChI=1S/C18H22F3N5O3S/c1-4-26-10-12(11(2)23-26)15-9-16(25(3)30(28,29)24-15)17(27)22-14-8-6-5-7-13(14)18(19,20)21/h5-8,10,15-16,24H,4,9H2,1-3H3,(H,22,27)/t15-,16-/m0/s1. The molecule has 1 fully saturated rings. The van der Waals surface area contributed by atoms with E-state index in [9.17, 15) is 26.4 Å². The zero-order valence-corrected chi connectivity index (χ0v) is 17.4. The molecule has 0 spiro atoms. The first-order valence-electron chi connectivity index (χ1n) is 9.20. The number of alkyl halides is 3. The number of para-hydroxylation sites is 1. The number of anilines is 1. The van der Waals surface area contributed by atoms with Crippen LogP contribution in [0.2, 0.25) is 0 Å². The van der Waals surface area contributed by atoms with Crippen LogP contribution in [-0.2, 0) is 27.7 Å². The molecule has 0 aliphatic carbocycles. The second kappa shape index (κ2) is 8.00. The van der Waals surface area contributed by atoms with E-state index in [1.165, 1.54) is 19.2 Å². The van der Waals surface area contributed by atoms with Crippen LogP contribution in [0.15, 0.2) is 30.5 Å². The number of carbonyl (C=O) groups is 1. The van der Waals surface area contributed by atoms with Crippen LogP contribution in [0.3, 0.4) is 0 Å². The molecular weight excluding hydrogens is 423 g/mol. The molecule has 1 amide bonds. The van der Waals surface area contributed by atoms with Gasteiger partial charge >= 0.3 is 6.18 Å². The van der Waals surface area contributed by atoms with Crippen LogP contribution >= 0.6 is 0 Å². The first-order chi connectivity index (χ1) is 13.9. The fraction of sp³-hybridized carbons (Fsp3) is 0.444. The van der Waals surface area contributed by atoms with Gasteiger partial charge in [0.25, 0.3) is 10.2 Å². The van der Waals surface area contributed by atoms with Crippen molar-refractivity contribution in [2.45, 2.75) is 45.1 Å². The van der Waals surface area contributed by atoms with Gasteiger partial charge in [0.05, 0.1) is 23.0 Å². The molecule has 12 heteroatoms. The molecule has 2 N–H and O–H groups in total. The summed E-state index contributed by atoms with van der Waals surface area (Å²) in [6.45, 7) is 4.19. The van der Waals surface area contributed by atoms with Crippen molar-refractivity contribution in [2.24, 2.45) is 0 Å². The Bertz CT molecular complexity index is 1050. The quantitative estimate of drug-likeness (QED) is 0.756. The number of hydrogen-bond acceptors (Lipinski definition) is 4. The van der Waals surface area contributed by atoms with Crippen LogP contribution in [0.1, 0.15) is 36.2 Å². The van der Waals surface area contributed by atoms with Gasteiger partial charge in [0.1, 0.15) is 6.04 Å². The molecule has 2 aromatic rings. The summed E-state index contributed by atoms with van der Waals surface area (Å²) in [5.74, 6) is -0.843. The Morgan fingerprint density at radius 3 is 2.60 bits per heavy atom. The van der Waals surface area contributed by atoms with E-state index in [4.69, 9.17) is 0 Å². The Morgan fingerprint density at radius 1 is 1.33 bits per heavy atom. The van der Waals surface area contributed by atoms with Crippen LogP contribution in [-0.4, -0.2) is 41.5 Å². The highest BCUT2D eigenvalue weighted by Crippen LogP contribution is 2.35. The lowest BCUT2D eigenvalue weighted by molar-refractivity contribution is -0.137. The van der Waals surface area contributed by atoms with E-state index in [-0.39, 0.29) is 6.42 Å². The number of carbonyl (C=O) groups excluding carboxylic acids is 1. The number of halogens is 3. The Morgan fingerprint density at radius 2 is 2.00 bits per heavy atom. The van der Waals surface area contributed by atoms with E-state index in [2.05, 4.69) is 15.1 Å². The third kappa shape index (κ3) is 4.35. The second-order valence-corrected chi connectivity index (χ2v) is 8.76. The van der Waals surface area contributed by atoms with Gasteiger partial charge in [-0.2, -0.15) is 35.7 Å². The zero-order chi connectivity index (χ0) is 22.3. The highest BCUT2D eigenvalue weighted by Gasteiger charge is 2.42. The van der Waals surface area contributed by atoms with Crippen molar-refractivity contribution in [3.8, 4) is 0 Å². The molecule has 1 saturated heterocycles. The highest BCUT2D eigenvalue weighted by molar-refractivity contribution is 7.87. The topological polar surface area (TPSA) is 96.3 Å². The van der Waals surface area contributed by atoms with Gasteiger partial charge < -0.3 is 5.32 Å². The van der Waals surface area contributed by atoms with Crippen LogP contribution < -0.4 is 10.0 Å². The fourth-order valence-corrected chi connectivity index (χ4v) is 4.67. The lowest BCUT2D eigenvalue weighted by Crippen LogP contribution is -2.56. The lowest BCUT2D eigenvalue weighted by atomic mass is 10.00. The van der Waals surface area contributed by atoms with Gasteiger partial charge in [-0.3, -0.25) is 9.48 Å². The zero-order valence-electron chi connectivity index (χ0n) is 16.6. The van der Waals surface area contributed by atoms with E-state index in [1.54, 1.807) is 17.8 Å². The van der Waals surface area contributed by atoms with Crippen molar-refractivity contribution in [2.75, 3.05) is 12.4 Å². The van der Waals surface area contributed by atoms with E-state index in [1.807, 2.05) is 6.92 Å². The minimum atomic E-state index is -4.66. The highest BCUT2D eigenvalue weighted by atomic mass is 32.2. The molecule has 30 heavy (non-hydrogen) atoms. The smallest absolute Gasteiger partial charge is 0.324 e. The van der Waals surface area contributed by atoms with Gasteiger partial charge in [0.15, 0.2) is 0 Å². The van der Waals surface area contributed by atoms with Gasteiger partial charge in [-0.05, 0) is 32.4 Å². The molecular formula is C18H22F3N5O3S. The summed E-state index contributed by atoms with van der Waals surface area (Å²) in [5.41, 5.74) is -0.210. The maximum Gasteiger partial charge on any atom is 0.418 e. The maximum atomic E-state index is 13.2. The summed E-state index contributed by atoms with van der Waals surface area (Å²) < 4.78 is 69.8. The summed E-state index contributed by atoms with van der Waals surface area (Å²) in [5, 5.41) is 6.53. The lowest BCUT2D eigenvalue weighted by Gasteiger charge is -2.36. The minimum Gasteiger partial charge on any atom is -0.324 e. The Kier molecular flexibility index (Phi) is 5.94. The third-order valence-electron chi connectivity index (χ3n) is 5.04. The van der Waals surface area contributed by atoms with E-state index in [0.717, 1.165) is 16.4 Å². The van der Waals surface area contributed by atoms with Crippen LogP contribution in [0.4, 0.5) is 18.9 Å². The molecule has 0 radical (unpaired) electrons. The van der Waals surface area contributed by atoms with Crippen molar-refractivity contribution in [3.05, 3.63) is 47.3 Å². The summed E-state index contributed by atoms with van der Waals surface area (Å²) >= 11 is 0. The number of likely N-dealkylation sites (N-methyl/N-ethyl adjacent to an activating group) is 1. The van der Waals surface area contributed by atoms with Crippen LogP contribution in [0, 0.1) is 6.92 Å². The normalized spacial score (nSPS) is 22.1. The van der Waals surface area contributed by atoms with Crippen molar-refractivity contribution >= 4 is 21.8 Å². The molecule has 1 aromatic heterocycles. The number of amides is 1. The third-order valence-corrected chi connectivity index (χ3v) is 6.64. The van der Waals surface area contributed by atoms with Crippen LogP contribution in [0.25, 0.3) is 0 Å². The van der Waals surface area contributed by atoms with Crippen molar-refractivity contribution < 1.29 is 26.4 Å².